The highest BCUT2D eigenvalue weighted by molar-refractivity contribution is 5.67. The minimum atomic E-state index is -1.40. The van der Waals surface area contributed by atoms with Crippen molar-refractivity contribution in [3.05, 3.63) is 0 Å². The molecule has 12 nitrogen and oxygen atoms in total. The summed E-state index contributed by atoms with van der Waals surface area (Å²) in [5.74, 6) is 0. The van der Waals surface area contributed by atoms with E-state index < -0.39 is 49.8 Å². The molecule has 0 aromatic heterocycles. The van der Waals surface area contributed by atoms with Crippen LogP contribution in [0.1, 0.15) is 0 Å². The molecule has 114 valence electrons. The monoisotopic (exact) mass is 294 g/mol. The van der Waals surface area contributed by atoms with Gasteiger partial charge in [0.25, 0.3) is 0 Å². The Balaban J connectivity index is 4.83. The molecule has 4 amide bonds. The first-order chi connectivity index (χ1) is 9.22. The number of ether oxygens (including phenoxy) is 4. The fourth-order valence-corrected chi connectivity index (χ4v) is 1.06. The summed E-state index contributed by atoms with van der Waals surface area (Å²) >= 11 is 0. The van der Waals surface area contributed by atoms with Crippen LogP contribution in [0, 0.1) is 0 Å². The fourth-order valence-electron chi connectivity index (χ4n) is 1.06. The SMILES string of the molecule is NC(=O)OC[C@H](OC(N)=O)[C@@H](COC(N)=O)OC(N)=O. The Bertz CT molecular complexity index is 351. The smallest absolute Gasteiger partial charge is 0.405 e. The van der Waals surface area contributed by atoms with Crippen molar-refractivity contribution < 1.29 is 38.1 Å². The highest BCUT2D eigenvalue weighted by Crippen LogP contribution is 2.07. The van der Waals surface area contributed by atoms with E-state index >= 15 is 0 Å². The van der Waals surface area contributed by atoms with E-state index in [0.29, 0.717) is 0 Å². The third-order valence-corrected chi connectivity index (χ3v) is 1.73. The Hall–Kier alpha value is -2.92. The number of rotatable bonds is 7. The molecule has 0 fully saturated rings. The predicted octanol–water partition coefficient (Wildman–Crippen LogP) is -1.90. The van der Waals surface area contributed by atoms with E-state index in [1.807, 2.05) is 0 Å². The van der Waals surface area contributed by atoms with Crippen LogP contribution in [0.15, 0.2) is 0 Å². The molecule has 0 aliphatic heterocycles. The maximum Gasteiger partial charge on any atom is 0.405 e. The van der Waals surface area contributed by atoms with Gasteiger partial charge < -0.3 is 41.9 Å². The summed E-state index contributed by atoms with van der Waals surface area (Å²) < 4.78 is 17.8. The molecule has 0 unspecified atom stereocenters. The first-order valence-electron chi connectivity index (χ1n) is 4.99. The van der Waals surface area contributed by atoms with Gasteiger partial charge >= 0.3 is 24.4 Å². The molecule has 0 heterocycles. The number of hydrogen-bond acceptors (Lipinski definition) is 8. The van der Waals surface area contributed by atoms with Crippen LogP contribution in [0.5, 0.6) is 0 Å². The lowest BCUT2D eigenvalue weighted by molar-refractivity contribution is -0.0527. The number of primary amides is 4. The lowest BCUT2D eigenvalue weighted by Gasteiger charge is -2.24. The molecule has 0 bridgehead atoms. The second-order valence-corrected chi connectivity index (χ2v) is 3.21. The standard InChI is InChI=1S/C8H14N4O8/c9-5(13)17-1-3(19-7(11)15)4(20-8(12)16)2-18-6(10)14/h3-4H,1-2H2,(H2,9,13)(H2,10,14)(H2,11,15)(H2,12,16)/t3-,4+. The van der Waals surface area contributed by atoms with Gasteiger partial charge in [-0.3, -0.25) is 0 Å². The second kappa shape index (κ2) is 8.23. The Morgan fingerprint density at radius 3 is 1.15 bits per heavy atom. The molecule has 0 aliphatic rings. The summed E-state index contributed by atoms with van der Waals surface area (Å²) in [4.78, 5) is 42.4. The number of hydrogen-bond donors (Lipinski definition) is 4. The summed E-state index contributed by atoms with van der Waals surface area (Å²) in [6.45, 7) is -1.23. The highest BCUT2D eigenvalue weighted by atomic mass is 16.6. The van der Waals surface area contributed by atoms with Gasteiger partial charge in [-0.1, -0.05) is 0 Å². The molecular weight excluding hydrogens is 280 g/mol. The van der Waals surface area contributed by atoms with E-state index in [-0.39, 0.29) is 0 Å². The van der Waals surface area contributed by atoms with Crippen LogP contribution in [0.3, 0.4) is 0 Å². The number of amides is 4. The average molecular weight is 294 g/mol. The van der Waals surface area contributed by atoms with Gasteiger partial charge in [-0.2, -0.15) is 0 Å². The Kier molecular flexibility index (Phi) is 7.03. The van der Waals surface area contributed by atoms with Gasteiger partial charge in [0, 0.05) is 0 Å². The molecule has 0 aromatic carbocycles. The Labute approximate surface area is 112 Å². The molecule has 0 saturated heterocycles. The van der Waals surface area contributed by atoms with Crippen molar-refractivity contribution in [1.29, 1.82) is 0 Å². The van der Waals surface area contributed by atoms with Crippen LogP contribution in [0.2, 0.25) is 0 Å². The number of carbonyl (C=O) groups excluding carboxylic acids is 4. The molecule has 0 rings (SSSR count). The van der Waals surface area contributed by atoms with Crippen LogP contribution in [-0.2, 0) is 18.9 Å². The van der Waals surface area contributed by atoms with E-state index in [0.717, 1.165) is 0 Å². The summed E-state index contributed by atoms with van der Waals surface area (Å²) in [6, 6.07) is 0. The lowest BCUT2D eigenvalue weighted by Crippen LogP contribution is -2.44. The zero-order valence-electron chi connectivity index (χ0n) is 10.1. The van der Waals surface area contributed by atoms with E-state index in [9.17, 15) is 19.2 Å². The summed E-state index contributed by atoms with van der Waals surface area (Å²) in [7, 11) is 0. The molecule has 12 heteroatoms. The van der Waals surface area contributed by atoms with Crippen molar-refractivity contribution in [2.24, 2.45) is 22.9 Å². The van der Waals surface area contributed by atoms with E-state index in [1.165, 1.54) is 0 Å². The van der Waals surface area contributed by atoms with Crippen LogP contribution in [0.25, 0.3) is 0 Å². The van der Waals surface area contributed by atoms with Crippen molar-refractivity contribution in [2.75, 3.05) is 13.2 Å². The zero-order valence-corrected chi connectivity index (χ0v) is 10.1. The van der Waals surface area contributed by atoms with Crippen LogP contribution < -0.4 is 22.9 Å². The van der Waals surface area contributed by atoms with Gasteiger partial charge in [0.15, 0.2) is 12.2 Å². The number of nitrogens with two attached hydrogens (primary N) is 4. The molecule has 0 radical (unpaired) electrons. The minimum absolute atomic E-state index is 0.613. The quantitative estimate of drug-likeness (QED) is 0.388. The zero-order chi connectivity index (χ0) is 15.7. The van der Waals surface area contributed by atoms with Gasteiger partial charge in [0.05, 0.1) is 0 Å². The topological polar surface area (TPSA) is 209 Å². The van der Waals surface area contributed by atoms with Crippen LogP contribution >= 0.6 is 0 Å². The molecule has 0 aromatic rings. The molecule has 2 atom stereocenters. The maximum absolute atomic E-state index is 10.7. The van der Waals surface area contributed by atoms with Gasteiger partial charge in [0.1, 0.15) is 13.2 Å². The summed E-state index contributed by atoms with van der Waals surface area (Å²) in [5, 5.41) is 0. The Morgan fingerprint density at radius 1 is 0.650 bits per heavy atom. The largest absolute Gasteiger partial charge is 0.446 e. The molecular formula is C8H14N4O8. The van der Waals surface area contributed by atoms with Crippen LogP contribution in [0.4, 0.5) is 19.2 Å². The van der Waals surface area contributed by atoms with E-state index in [2.05, 4.69) is 18.9 Å². The van der Waals surface area contributed by atoms with E-state index in [1.54, 1.807) is 0 Å². The van der Waals surface area contributed by atoms with Crippen molar-refractivity contribution >= 4 is 24.4 Å². The van der Waals surface area contributed by atoms with E-state index in [4.69, 9.17) is 22.9 Å². The molecule has 0 saturated carbocycles. The third-order valence-electron chi connectivity index (χ3n) is 1.73. The molecule has 0 aliphatic carbocycles. The first kappa shape index (κ1) is 17.1. The molecule has 0 spiro atoms. The van der Waals surface area contributed by atoms with Crippen LogP contribution in [-0.4, -0.2) is 49.8 Å². The average Bonchev–Trinajstić information content (AvgIpc) is 2.28. The maximum atomic E-state index is 10.7. The van der Waals surface area contributed by atoms with Gasteiger partial charge in [-0.05, 0) is 0 Å². The molecule has 8 N–H and O–H groups in total. The van der Waals surface area contributed by atoms with Crippen molar-refractivity contribution in [2.45, 2.75) is 12.2 Å². The minimum Gasteiger partial charge on any atom is -0.446 e. The fraction of sp³-hybridized carbons (Fsp3) is 0.500. The molecule has 20 heavy (non-hydrogen) atoms. The number of carbonyl (C=O) groups is 4. The van der Waals surface area contributed by atoms with Crippen molar-refractivity contribution in [3.8, 4) is 0 Å². The lowest BCUT2D eigenvalue weighted by atomic mass is 10.2. The normalized spacial score (nSPS) is 12.6. The van der Waals surface area contributed by atoms with Gasteiger partial charge in [-0.15, -0.1) is 0 Å². The predicted molar refractivity (Wildman–Crippen MR) is 60.0 cm³/mol. The summed E-state index contributed by atoms with van der Waals surface area (Å²) in [5.41, 5.74) is 19.0. The first-order valence-corrected chi connectivity index (χ1v) is 4.99. The highest BCUT2D eigenvalue weighted by Gasteiger charge is 2.30. The van der Waals surface area contributed by atoms with Gasteiger partial charge in [-0.25, -0.2) is 19.2 Å². The van der Waals surface area contributed by atoms with Crippen molar-refractivity contribution in [1.82, 2.24) is 0 Å². The van der Waals surface area contributed by atoms with Gasteiger partial charge in [0.2, 0.25) is 0 Å². The summed E-state index contributed by atoms with van der Waals surface area (Å²) in [6.07, 6.45) is -7.69. The Morgan fingerprint density at radius 2 is 0.950 bits per heavy atom. The third kappa shape index (κ3) is 8.21. The second-order valence-electron chi connectivity index (χ2n) is 3.21. The van der Waals surface area contributed by atoms with Crippen molar-refractivity contribution in [3.63, 3.8) is 0 Å².